The van der Waals surface area contributed by atoms with Crippen molar-refractivity contribution < 1.29 is 0 Å². The number of rotatable bonds is 12. The normalized spacial score (nSPS) is 11.3. The third kappa shape index (κ3) is 10.7. The smallest absolute Gasteiger partial charge is 0.0425 e. The van der Waals surface area contributed by atoms with Crippen LogP contribution in [0, 0.1) is 62.3 Å². The van der Waals surface area contributed by atoms with Crippen LogP contribution < -0.4 is 0 Å². The maximum Gasteiger partial charge on any atom is 0.0425 e. The van der Waals surface area contributed by atoms with Gasteiger partial charge in [0.2, 0.25) is 0 Å². The maximum absolute atomic E-state index is 5.96. The van der Waals surface area contributed by atoms with E-state index in [-0.39, 0.29) is 0 Å². The highest BCUT2D eigenvalue weighted by Gasteiger charge is 2.29. The molecule has 0 heterocycles. The molecule has 0 aromatic heterocycles. The predicted molar refractivity (Wildman–Crippen MR) is 269 cm³/mol. The van der Waals surface area contributed by atoms with Crippen molar-refractivity contribution in [2.45, 2.75) is 136 Å². The van der Waals surface area contributed by atoms with Crippen LogP contribution in [-0.2, 0) is 37.9 Å². The van der Waals surface area contributed by atoms with E-state index in [9.17, 15) is 0 Å². The van der Waals surface area contributed by atoms with E-state index in [0.29, 0.717) is 0 Å². The van der Waals surface area contributed by atoms with Crippen LogP contribution in [0.15, 0.2) is 183 Å². The number of hydrogen-bond donors (Lipinski definition) is 0. The Hall–Kier alpha value is -2.70. The van der Waals surface area contributed by atoms with Crippen LogP contribution in [0.4, 0.5) is 0 Å². The third-order valence-corrected chi connectivity index (χ3v) is 19.3. The zero-order valence-corrected chi connectivity index (χ0v) is 42.4. The summed E-state index contributed by atoms with van der Waals surface area (Å²) in [6.07, 6.45) is 0. The fourth-order valence-corrected chi connectivity index (χ4v) is 14.8. The van der Waals surface area contributed by atoms with Crippen molar-refractivity contribution in [3.63, 3.8) is 0 Å². The van der Waals surface area contributed by atoms with Gasteiger partial charge in [-0.05, 0) is 115 Å². The lowest BCUT2D eigenvalue weighted by molar-refractivity contribution is 0.869. The molecular formula is C51H45S9-3. The van der Waals surface area contributed by atoms with Crippen molar-refractivity contribution in [2.24, 2.45) is 0 Å². The van der Waals surface area contributed by atoms with E-state index >= 15 is 0 Å². The van der Waals surface area contributed by atoms with Crippen LogP contribution in [0.5, 0.6) is 0 Å². The Morgan fingerprint density at radius 2 is 0.483 bits per heavy atom. The quantitative estimate of drug-likeness (QED) is 0.109. The molecule has 0 atom stereocenters. The van der Waals surface area contributed by atoms with E-state index < -0.39 is 0 Å². The second-order valence-corrected chi connectivity index (χ2v) is 22.9. The molecule has 306 valence electrons. The van der Waals surface area contributed by atoms with Gasteiger partial charge in [0, 0.05) is 58.7 Å². The van der Waals surface area contributed by atoms with Gasteiger partial charge in [0.05, 0.1) is 0 Å². The predicted octanol–water partition coefficient (Wildman–Crippen LogP) is 17.1. The Morgan fingerprint density at radius 1 is 0.267 bits per heavy atom. The zero-order chi connectivity index (χ0) is 42.8. The molecule has 7 aromatic carbocycles. The standard InChI is InChI=1S/C51H48S9/c1-28-10-16-37(17-11-28)55-46-49(58-43-25-40(52)31(4)22-34(43)7)47(56-38-18-12-29(2)13-19-38)51(60-45-27-42(54)33(6)24-36(45)9)48(57-39-20-14-30(3)15-21-39)50(46)59-44-26-41(53)32(5)23-35(44)8/h10-27,52-54H,1-9H3/p-3. The molecule has 7 rings (SSSR count). The molecule has 0 aliphatic heterocycles. The molecule has 0 amide bonds. The first-order valence-electron chi connectivity index (χ1n) is 19.5. The van der Waals surface area contributed by atoms with Gasteiger partial charge in [-0.3, -0.25) is 0 Å². The highest BCUT2D eigenvalue weighted by molar-refractivity contribution is 8.07. The van der Waals surface area contributed by atoms with E-state index in [2.05, 4.69) is 172 Å². The molecule has 0 aliphatic carbocycles. The van der Waals surface area contributed by atoms with Crippen molar-refractivity contribution in [1.82, 2.24) is 0 Å². The summed E-state index contributed by atoms with van der Waals surface area (Å²) in [7, 11) is 0. The first-order valence-corrected chi connectivity index (χ1v) is 25.6. The summed E-state index contributed by atoms with van der Waals surface area (Å²) in [5.74, 6) is 0. The van der Waals surface area contributed by atoms with Crippen molar-refractivity contribution in [3.05, 3.63) is 159 Å². The summed E-state index contributed by atoms with van der Waals surface area (Å²) in [6, 6.07) is 40.1. The largest absolute Gasteiger partial charge is 0.779 e. The molecule has 60 heavy (non-hydrogen) atoms. The van der Waals surface area contributed by atoms with E-state index in [1.54, 1.807) is 0 Å². The minimum Gasteiger partial charge on any atom is -0.779 e. The minimum absolute atomic E-state index is 0.876. The SMILES string of the molecule is Cc1ccc(Sc2c(Sc3cc([S-])c(C)cc3C)c(Sc3ccc(C)cc3)c(Sc3cc([S-])c(C)cc3C)c(Sc3ccc(C)cc3)c2Sc2cc([S-])c(C)cc2C)cc1. The van der Waals surface area contributed by atoms with Gasteiger partial charge < -0.3 is 37.9 Å². The van der Waals surface area contributed by atoms with Gasteiger partial charge in [0.25, 0.3) is 0 Å². The lowest BCUT2D eigenvalue weighted by Crippen LogP contribution is -1.99. The van der Waals surface area contributed by atoms with Gasteiger partial charge >= 0.3 is 0 Å². The molecule has 0 aliphatic rings. The fraction of sp³-hybridized carbons (Fsp3) is 0.176. The topological polar surface area (TPSA) is 0 Å². The van der Waals surface area contributed by atoms with Gasteiger partial charge in [-0.2, -0.15) is 14.7 Å². The van der Waals surface area contributed by atoms with Gasteiger partial charge in [0.15, 0.2) is 0 Å². The molecule has 0 nitrogen and oxygen atoms in total. The van der Waals surface area contributed by atoms with Gasteiger partial charge in [-0.15, -0.1) is 0 Å². The van der Waals surface area contributed by atoms with E-state index in [1.807, 2.05) is 70.6 Å². The zero-order valence-electron chi connectivity index (χ0n) is 35.1. The summed E-state index contributed by atoms with van der Waals surface area (Å²) in [6.45, 7) is 19.4. The molecular weight excluding hydrogens is 901 g/mol. The second kappa shape index (κ2) is 19.8. The summed E-state index contributed by atoms with van der Waals surface area (Å²) in [4.78, 5) is 16.9. The first-order chi connectivity index (χ1) is 28.6. The molecule has 0 N–H and O–H groups in total. The monoisotopic (exact) mass is 945 g/mol. The highest BCUT2D eigenvalue weighted by Crippen LogP contribution is 2.60. The molecule has 0 saturated heterocycles. The highest BCUT2D eigenvalue weighted by atomic mass is 32.2. The van der Waals surface area contributed by atoms with E-state index in [4.69, 9.17) is 37.9 Å². The Balaban J connectivity index is 1.65. The van der Waals surface area contributed by atoms with Crippen LogP contribution in [-0.4, -0.2) is 0 Å². The van der Waals surface area contributed by atoms with Crippen LogP contribution in [0.25, 0.3) is 0 Å². The van der Waals surface area contributed by atoms with Gasteiger partial charge in [-0.1, -0.05) is 177 Å². The van der Waals surface area contributed by atoms with Gasteiger partial charge in [0.1, 0.15) is 0 Å². The summed E-state index contributed by atoms with van der Waals surface area (Å²) in [5, 5.41) is 0. The van der Waals surface area contributed by atoms with Crippen LogP contribution in [0.1, 0.15) is 50.1 Å². The van der Waals surface area contributed by atoms with E-state index in [1.165, 1.54) is 77.4 Å². The average molecular weight is 947 g/mol. The van der Waals surface area contributed by atoms with Crippen molar-refractivity contribution in [1.29, 1.82) is 0 Å². The molecule has 0 fully saturated rings. The molecule has 0 spiro atoms. The number of aryl methyl sites for hydroxylation is 9. The fourth-order valence-electron chi connectivity index (χ4n) is 6.45. The van der Waals surface area contributed by atoms with Gasteiger partial charge in [-0.25, -0.2) is 0 Å². The lowest BCUT2D eigenvalue weighted by atomic mass is 10.2. The Morgan fingerprint density at radius 3 is 0.717 bits per heavy atom. The van der Waals surface area contributed by atoms with E-state index in [0.717, 1.165) is 46.1 Å². The van der Waals surface area contributed by atoms with Crippen LogP contribution in [0.2, 0.25) is 0 Å². The van der Waals surface area contributed by atoms with Crippen LogP contribution in [0.3, 0.4) is 0 Å². The van der Waals surface area contributed by atoms with Crippen LogP contribution >= 0.6 is 70.6 Å². The summed E-state index contributed by atoms with van der Waals surface area (Å²) >= 11 is 28.9. The number of hydrogen-bond acceptors (Lipinski definition) is 9. The summed E-state index contributed by atoms with van der Waals surface area (Å²) in [5.41, 5.74) is 10.7. The minimum atomic E-state index is 0.876. The summed E-state index contributed by atoms with van der Waals surface area (Å²) < 4.78 is 0. The number of benzene rings is 7. The third-order valence-electron chi connectivity index (χ3n) is 10.0. The average Bonchev–Trinajstić information content (AvgIpc) is 3.20. The maximum atomic E-state index is 5.96. The van der Waals surface area contributed by atoms with Crippen molar-refractivity contribution in [3.8, 4) is 0 Å². The first kappa shape index (κ1) is 45.3. The molecule has 0 saturated carbocycles. The lowest BCUT2D eigenvalue weighted by Gasteiger charge is -2.27. The molecule has 9 heteroatoms. The van der Waals surface area contributed by atoms with Crippen molar-refractivity contribution >= 4 is 108 Å². The molecule has 7 aromatic rings. The second-order valence-electron chi connectivity index (χ2n) is 15.2. The Bertz CT molecular complexity index is 2380. The van der Waals surface area contributed by atoms with Crippen molar-refractivity contribution in [2.75, 3.05) is 0 Å². The molecule has 0 bridgehead atoms. The molecule has 0 unspecified atom stereocenters. The molecule has 0 radical (unpaired) electrons. The Kier molecular flexibility index (Phi) is 14.9. The Labute approximate surface area is 399 Å².